The molecule has 0 aliphatic heterocycles. The third-order valence-electron chi connectivity index (χ3n) is 6.16. The van der Waals surface area contributed by atoms with Gasteiger partial charge in [0.2, 0.25) is 0 Å². The molecule has 1 aliphatic carbocycles. The van der Waals surface area contributed by atoms with Crippen molar-refractivity contribution >= 4 is 14.3 Å². The van der Waals surface area contributed by atoms with Gasteiger partial charge in [-0.1, -0.05) is 50.6 Å². The van der Waals surface area contributed by atoms with E-state index in [1.807, 2.05) is 36.4 Å². The molecule has 0 radical (unpaired) electrons. The summed E-state index contributed by atoms with van der Waals surface area (Å²) in [5.74, 6) is -0.352. The largest absolute Gasteiger partial charge is 0.491 e. The molecule has 0 aromatic heterocycles. The highest BCUT2D eigenvalue weighted by Crippen LogP contribution is 2.39. The lowest BCUT2D eigenvalue weighted by atomic mass is 9.92. The van der Waals surface area contributed by atoms with E-state index in [9.17, 15) is 9.90 Å². The van der Waals surface area contributed by atoms with Crippen LogP contribution in [-0.4, -0.2) is 43.3 Å². The maximum atomic E-state index is 11.2. The normalized spacial score (nSPS) is 21.0. The first-order valence-corrected chi connectivity index (χ1v) is 13.3. The SMILES string of the molecule is CC(C)(C)[Si](C)(C)OC(CCC1=CCC(O)C1CC(=O)O)COc1ccccc1. The maximum Gasteiger partial charge on any atom is 0.304 e. The fraction of sp³-hybridized carbons (Fsp3) is 0.609. The number of benzene rings is 1. The molecule has 2 N–H and O–H groups in total. The van der Waals surface area contributed by atoms with Gasteiger partial charge in [0.15, 0.2) is 8.32 Å². The smallest absolute Gasteiger partial charge is 0.304 e. The predicted octanol–water partition coefficient (Wildman–Crippen LogP) is 5.02. The minimum Gasteiger partial charge on any atom is -0.491 e. The van der Waals surface area contributed by atoms with Gasteiger partial charge in [-0.25, -0.2) is 0 Å². The summed E-state index contributed by atoms with van der Waals surface area (Å²) >= 11 is 0. The van der Waals surface area contributed by atoms with Gasteiger partial charge in [-0.05, 0) is 49.5 Å². The second-order valence-electron chi connectivity index (χ2n) is 9.45. The Labute approximate surface area is 175 Å². The number of aliphatic hydroxyl groups excluding tert-OH is 1. The van der Waals surface area contributed by atoms with Gasteiger partial charge in [-0.15, -0.1) is 0 Å². The third kappa shape index (κ3) is 6.98. The Hall–Kier alpha value is -1.63. The van der Waals surface area contributed by atoms with Gasteiger partial charge < -0.3 is 19.4 Å². The van der Waals surface area contributed by atoms with E-state index in [2.05, 4.69) is 33.9 Å². The summed E-state index contributed by atoms with van der Waals surface area (Å²) in [6, 6.07) is 9.71. The average Bonchev–Trinajstić information content (AvgIpc) is 2.96. The first kappa shape index (κ1) is 23.6. The number of aliphatic hydroxyl groups is 1. The molecule has 0 spiro atoms. The number of rotatable bonds is 10. The van der Waals surface area contributed by atoms with E-state index in [0.29, 0.717) is 19.4 Å². The van der Waals surface area contributed by atoms with Crippen LogP contribution in [0.2, 0.25) is 18.1 Å². The van der Waals surface area contributed by atoms with Crippen LogP contribution in [0, 0.1) is 5.92 Å². The van der Waals surface area contributed by atoms with Crippen LogP contribution < -0.4 is 4.74 Å². The van der Waals surface area contributed by atoms with E-state index in [4.69, 9.17) is 14.3 Å². The van der Waals surface area contributed by atoms with Gasteiger partial charge in [-0.3, -0.25) is 4.79 Å². The zero-order valence-corrected chi connectivity index (χ0v) is 19.4. The Balaban J connectivity index is 2.05. The topological polar surface area (TPSA) is 76.0 Å². The van der Waals surface area contributed by atoms with Gasteiger partial charge in [0.25, 0.3) is 0 Å². The molecule has 5 nitrogen and oxygen atoms in total. The summed E-state index contributed by atoms with van der Waals surface area (Å²) in [6.45, 7) is 11.6. The highest BCUT2D eigenvalue weighted by molar-refractivity contribution is 6.74. The van der Waals surface area contributed by atoms with Crippen molar-refractivity contribution in [2.24, 2.45) is 5.92 Å². The lowest BCUT2D eigenvalue weighted by Gasteiger charge is -2.39. The zero-order chi connectivity index (χ0) is 21.7. The number of hydrogen-bond donors (Lipinski definition) is 2. The summed E-state index contributed by atoms with van der Waals surface area (Å²) < 4.78 is 12.6. The van der Waals surface area contributed by atoms with E-state index in [1.165, 1.54) is 0 Å². The van der Waals surface area contributed by atoms with E-state index < -0.39 is 20.4 Å². The molecule has 0 bridgehead atoms. The summed E-state index contributed by atoms with van der Waals surface area (Å²) in [5, 5.41) is 19.4. The molecule has 0 fully saturated rings. The highest BCUT2D eigenvalue weighted by atomic mass is 28.4. The minimum absolute atomic E-state index is 0.0265. The van der Waals surface area contributed by atoms with Crippen molar-refractivity contribution in [2.75, 3.05) is 6.61 Å². The van der Waals surface area contributed by atoms with Crippen LogP contribution in [0.15, 0.2) is 42.0 Å². The number of carboxylic acids is 1. The molecule has 0 saturated heterocycles. The fourth-order valence-corrected chi connectivity index (χ4v) is 4.75. The van der Waals surface area contributed by atoms with Crippen LogP contribution in [0.5, 0.6) is 5.75 Å². The van der Waals surface area contributed by atoms with Crippen LogP contribution in [0.4, 0.5) is 0 Å². The Bertz CT molecular complexity index is 693. The van der Waals surface area contributed by atoms with Crippen molar-refractivity contribution < 1.29 is 24.2 Å². The summed E-state index contributed by atoms with van der Waals surface area (Å²) in [4.78, 5) is 11.2. The van der Waals surface area contributed by atoms with Gasteiger partial charge in [-0.2, -0.15) is 0 Å². The van der Waals surface area contributed by atoms with E-state index in [-0.39, 0.29) is 23.5 Å². The molecule has 29 heavy (non-hydrogen) atoms. The highest BCUT2D eigenvalue weighted by Gasteiger charge is 2.39. The Morgan fingerprint density at radius 3 is 2.48 bits per heavy atom. The van der Waals surface area contributed by atoms with Crippen LogP contribution >= 0.6 is 0 Å². The predicted molar refractivity (Wildman–Crippen MR) is 118 cm³/mol. The van der Waals surface area contributed by atoms with Crippen molar-refractivity contribution in [3.63, 3.8) is 0 Å². The standard InChI is InChI=1S/C23H36O5Si/c1-23(2,3)29(4,5)28-19(16-27-18-9-7-6-8-10-18)13-11-17-12-14-21(24)20(17)15-22(25)26/h6-10,12,19-21,24H,11,13-16H2,1-5H3,(H,25,26). The summed E-state index contributed by atoms with van der Waals surface area (Å²) in [5.41, 5.74) is 1.03. The lowest BCUT2D eigenvalue weighted by Crippen LogP contribution is -2.45. The first-order chi connectivity index (χ1) is 13.5. The molecule has 162 valence electrons. The van der Waals surface area contributed by atoms with E-state index in [1.54, 1.807) is 0 Å². The summed E-state index contributed by atoms with van der Waals surface area (Å²) in [6.07, 6.45) is 3.28. The monoisotopic (exact) mass is 420 g/mol. The van der Waals surface area contributed by atoms with Crippen molar-refractivity contribution in [3.8, 4) is 5.75 Å². The van der Waals surface area contributed by atoms with Crippen molar-refractivity contribution in [1.29, 1.82) is 0 Å². The van der Waals surface area contributed by atoms with Gasteiger partial charge in [0, 0.05) is 5.92 Å². The van der Waals surface area contributed by atoms with Gasteiger partial charge >= 0.3 is 5.97 Å². The van der Waals surface area contributed by atoms with E-state index in [0.717, 1.165) is 17.7 Å². The molecule has 1 aromatic carbocycles. The molecule has 1 aromatic rings. The third-order valence-corrected chi connectivity index (χ3v) is 10.7. The molecule has 1 aliphatic rings. The summed E-state index contributed by atoms with van der Waals surface area (Å²) in [7, 11) is -1.98. The number of aliphatic carboxylic acids is 1. The van der Waals surface area contributed by atoms with Gasteiger partial charge in [0.1, 0.15) is 12.4 Å². The molecule has 3 unspecified atom stereocenters. The van der Waals surface area contributed by atoms with E-state index >= 15 is 0 Å². The Kier molecular flexibility index (Phi) is 8.08. The van der Waals surface area contributed by atoms with Crippen molar-refractivity contribution in [1.82, 2.24) is 0 Å². The van der Waals surface area contributed by atoms with Crippen LogP contribution in [0.25, 0.3) is 0 Å². The van der Waals surface area contributed by atoms with Crippen LogP contribution in [0.1, 0.15) is 46.5 Å². The maximum absolute atomic E-state index is 11.2. The number of carbonyl (C=O) groups is 1. The molecule has 0 saturated carbocycles. The average molecular weight is 421 g/mol. The van der Waals surface area contributed by atoms with Crippen LogP contribution in [-0.2, 0) is 9.22 Å². The number of carboxylic acid groups (broad SMARTS) is 1. The molecular formula is C23H36O5Si. The number of ether oxygens (including phenoxy) is 1. The molecular weight excluding hydrogens is 384 g/mol. The first-order valence-electron chi connectivity index (χ1n) is 10.4. The lowest BCUT2D eigenvalue weighted by molar-refractivity contribution is -0.138. The number of hydrogen-bond acceptors (Lipinski definition) is 4. The minimum atomic E-state index is -1.98. The second kappa shape index (κ2) is 9.91. The van der Waals surface area contributed by atoms with Gasteiger partial charge in [0.05, 0.1) is 18.6 Å². The van der Waals surface area contributed by atoms with Crippen molar-refractivity contribution in [2.45, 2.75) is 76.8 Å². The van der Waals surface area contributed by atoms with Crippen LogP contribution in [0.3, 0.4) is 0 Å². The zero-order valence-electron chi connectivity index (χ0n) is 18.4. The fourth-order valence-electron chi connectivity index (χ4n) is 3.38. The van der Waals surface area contributed by atoms with Crippen molar-refractivity contribution in [3.05, 3.63) is 42.0 Å². The molecule has 2 rings (SSSR count). The molecule has 6 heteroatoms. The Morgan fingerprint density at radius 1 is 1.24 bits per heavy atom. The second-order valence-corrected chi connectivity index (χ2v) is 14.2. The molecule has 3 atom stereocenters. The quantitative estimate of drug-likeness (QED) is 0.411. The molecule has 0 amide bonds. The number of para-hydroxylation sites is 1. The molecule has 0 heterocycles. The Morgan fingerprint density at radius 2 is 1.90 bits per heavy atom.